The van der Waals surface area contributed by atoms with Crippen molar-refractivity contribution in [3.63, 3.8) is 0 Å². The van der Waals surface area contributed by atoms with Crippen LogP contribution in [0, 0.1) is 0 Å². The maximum atomic E-state index is 13.2. The summed E-state index contributed by atoms with van der Waals surface area (Å²) in [7, 11) is 0. The third kappa shape index (κ3) is 4.17. The standard InChI is InChI=1S/C22H20N2O4/c1-2-28-18(25)14-24-22(27)20-19(16-11-7-4-8-12-16)21(26)17(13-23-20)15-9-5-3-6-10-15/h3-13H,2,14H2,1H3,(H,23,26)(H,24,27). The van der Waals surface area contributed by atoms with Gasteiger partial charge in [-0.25, -0.2) is 0 Å². The molecule has 2 N–H and O–H groups in total. The van der Waals surface area contributed by atoms with Crippen LogP contribution in [0.15, 0.2) is 71.7 Å². The molecule has 6 nitrogen and oxygen atoms in total. The number of nitrogens with one attached hydrogen (secondary N) is 2. The number of carbonyl (C=O) groups is 2. The van der Waals surface area contributed by atoms with Gasteiger partial charge in [-0.15, -0.1) is 0 Å². The Bertz CT molecular complexity index is 1030. The first-order chi connectivity index (χ1) is 13.6. The van der Waals surface area contributed by atoms with Gasteiger partial charge in [0.25, 0.3) is 5.91 Å². The number of pyridine rings is 1. The lowest BCUT2D eigenvalue weighted by molar-refractivity contribution is -0.141. The summed E-state index contributed by atoms with van der Waals surface area (Å²) in [6.45, 7) is 1.64. The monoisotopic (exact) mass is 376 g/mol. The van der Waals surface area contributed by atoms with E-state index in [1.54, 1.807) is 31.2 Å². The van der Waals surface area contributed by atoms with Crippen molar-refractivity contribution in [1.29, 1.82) is 0 Å². The molecule has 0 aliphatic rings. The molecule has 0 fully saturated rings. The molecule has 3 aromatic rings. The molecular formula is C22H20N2O4. The Morgan fingerprint density at radius 1 is 0.964 bits per heavy atom. The maximum Gasteiger partial charge on any atom is 0.325 e. The second kappa shape index (κ2) is 8.81. The summed E-state index contributed by atoms with van der Waals surface area (Å²) < 4.78 is 4.82. The predicted octanol–water partition coefficient (Wildman–Crippen LogP) is 3.00. The normalized spacial score (nSPS) is 10.3. The number of aromatic nitrogens is 1. The molecule has 1 heterocycles. The number of esters is 1. The highest BCUT2D eigenvalue weighted by Gasteiger charge is 2.20. The van der Waals surface area contributed by atoms with Gasteiger partial charge >= 0.3 is 5.97 Å². The van der Waals surface area contributed by atoms with Crippen LogP contribution in [0.2, 0.25) is 0 Å². The first-order valence-corrected chi connectivity index (χ1v) is 8.92. The van der Waals surface area contributed by atoms with Crippen LogP contribution in [-0.4, -0.2) is 30.0 Å². The van der Waals surface area contributed by atoms with Crippen molar-refractivity contribution < 1.29 is 14.3 Å². The fourth-order valence-corrected chi connectivity index (χ4v) is 2.87. The van der Waals surface area contributed by atoms with Crippen LogP contribution in [-0.2, 0) is 9.53 Å². The lowest BCUT2D eigenvalue weighted by Crippen LogP contribution is -2.32. The van der Waals surface area contributed by atoms with E-state index in [2.05, 4.69) is 10.3 Å². The van der Waals surface area contributed by atoms with Crippen molar-refractivity contribution in [1.82, 2.24) is 10.3 Å². The maximum absolute atomic E-state index is 13.2. The number of hydrogen-bond donors (Lipinski definition) is 2. The van der Waals surface area contributed by atoms with Gasteiger partial charge in [-0.3, -0.25) is 14.4 Å². The van der Waals surface area contributed by atoms with Gasteiger partial charge in [0.2, 0.25) is 0 Å². The Balaban J connectivity index is 2.05. The lowest BCUT2D eigenvalue weighted by Gasteiger charge is -2.12. The van der Waals surface area contributed by atoms with Gasteiger partial charge in [0.05, 0.1) is 12.2 Å². The molecule has 1 aromatic heterocycles. The minimum absolute atomic E-state index is 0.0974. The fraction of sp³-hybridized carbons (Fsp3) is 0.136. The van der Waals surface area contributed by atoms with Crippen LogP contribution >= 0.6 is 0 Å². The summed E-state index contributed by atoms with van der Waals surface area (Å²) in [5.41, 5.74) is 1.91. The van der Waals surface area contributed by atoms with Crippen molar-refractivity contribution in [3.05, 3.63) is 82.8 Å². The fourth-order valence-electron chi connectivity index (χ4n) is 2.87. The van der Waals surface area contributed by atoms with E-state index < -0.39 is 11.9 Å². The number of amides is 1. The van der Waals surface area contributed by atoms with Gasteiger partial charge in [-0.05, 0) is 18.1 Å². The minimum atomic E-state index is -0.552. The van der Waals surface area contributed by atoms with E-state index in [-0.39, 0.29) is 29.8 Å². The SMILES string of the molecule is CCOC(=O)CNC(=O)c1[nH]cc(-c2ccccc2)c(=O)c1-c1ccccc1. The van der Waals surface area contributed by atoms with Crippen molar-refractivity contribution >= 4 is 11.9 Å². The van der Waals surface area contributed by atoms with Crippen LogP contribution in [0.1, 0.15) is 17.4 Å². The molecule has 0 radical (unpaired) electrons. The summed E-state index contributed by atoms with van der Waals surface area (Å²) in [5.74, 6) is -1.09. The van der Waals surface area contributed by atoms with E-state index in [4.69, 9.17) is 4.74 Å². The van der Waals surface area contributed by atoms with Gasteiger partial charge < -0.3 is 15.0 Å². The number of rotatable bonds is 6. The number of aromatic amines is 1. The second-order valence-corrected chi connectivity index (χ2v) is 6.00. The highest BCUT2D eigenvalue weighted by molar-refractivity contribution is 6.00. The molecule has 2 aromatic carbocycles. The van der Waals surface area contributed by atoms with Crippen molar-refractivity contribution in [3.8, 4) is 22.3 Å². The van der Waals surface area contributed by atoms with Gasteiger partial charge in [0, 0.05) is 11.8 Å². The molecule has 0 atom stereocenters. The second-order valence-electron chi connectivity index (χ2n) is 6.00. The van der Waals surface area contributed by atoms with Crippen molar-refractivity contribution in [2.75, 3.05) is 13.2 Å². The molecule has 0 aliphatic carbocycles. The van der Waals surface area contributed by atoms with E-state index in [0.717, 1.165) is 5.56 Å². The third-order valence-electron chi connectivity index (χ3n) is 4.16. The molecule has 28 heavy (non-hydrogen) atoms. The zero-order valence-corrected chi connectivity index (χ0v) is 15.4. The third-order valence-corrected chi connectivity index (χ3v) is 4.16. The zero-order chi connectivity index (χ0) is 19.9. The minimum Gasteiger partial charge on any atom is -0.465 e. The number of hydrogen-bond acceptors (Lipinski definition) is 4. The molecular weight excluding hydrogens is 356 g/mol. The predicted molar refractivity (Wildman–Crippen MR) is 107 cm³/mol. The highest BCUT2D eigenvalue weighted by atomic mass is 16.5. The number of carbonyl (C=O) groups excluding carboxylic acids is 2. The van der Waals surface area contributed by atoms with Gasteiger partial charge in [-0.2, -0.15) is 0 Å². The summed E-state index contributed by atoms with van der Waals surface area (Å²) in [6, 6.07) is 18.2. The Kier molecular flexibility index (Phi) is 6.01. The van der Waals surface area contributed by atoms with Crippen LogP contribution < -0.4 is 10.7 Å². The molecule has 0 spiro atoms. The molecule has 3 rings (SSSR count). The van der Waals surface area contributed by atoms with Crippen molar-refractivity contribution in [2.45, 2.75) is 6.92 Å². The van der Waals surface area contributed by atoms with Gasteiger partial charge in [0.15, 0.2) is 5.43 Å². The number of H-pyrrole nitrogens is 1. The van der Waals surface area contributed by atoms with E-state index in [9.17, 15) is 14.4 Å². The first kappa shape index (κ1) is 19.1. The highest BCUT2D eigenvalue weighted by Crippen LogP contribution is 2.23. The summed E-state index contributed by atoms with van der Waals surface area (Å²) >= 11 is 0. The van der Waals surface area contributed by atoms with Crippen LogP contribution in [0.5, 0.6) is 0 Å². The molecule has 6 heteroatoms. The Morgan fingerprint density at radius 2 is 1.57 bits per heavy atom. The summed E-state index contributed by atoms with van der Waals surface area (Å²) in [5, 5.41) is 2.50. The quantitative estimate of drug-likeness (QED) is 0.648. The van der Waals surface area contributed by atoms with Gasteiger partial charge in [-0.1, -0.05) is 60.7 Å². The van der Waals surface area contributed by atoms with Crippen LogP contribution in [0.3, 0.4) is 0 Å². The molecule has 0 saturated heterocycles. The molecule has 0 aliphatic heterocycles. The average molecular weight is 376 g/mol. The molecule has 1 amide bonds. The van der Waals surface area contributed by atoms with E-state index in [1.807, 2.05) is 36.4 Å². The smallest absolute Gasteiger partial charge is 0.325 e. The summed E-state index contributed by atoms with van der Waals surface area (Å²) in [4.78, 5) is 40.4. The molecule has 142 valence electrons. The Labute approximate surface area is 162 Å². The Hall–Kier alpha value is -3.67. The van der Waals surface area contributed by atoms with Crippen molar-refractivity contribution in [2.24, 2.45) is 0 Å². The number of ether oxygens (including phenoxy) is 1. The lowest BCUT2D eigenvalue weighted by atomic mass is 9.98. The van der Waals surface area contributed by atoms with E-state index in [1.165, 1.54) is 6.20 Å². The molecule has 0 bridgehead atoms. The summed E-state index contributed by atoms with van der Waals surface area (Å²) in [6.07, 6.45) is 1.52. The van der Waals surface area contributed by atoms with Gasteiger partial charge in [0.1, 0.15) is 12.2 Å². The topological polar surface area (TPSA) is 88.3 Å². The van der Waals surface area contributed by atoms with E-state index in [0.29, 0.717) is 11.1 Å². The molecule has 0 unspecified atom stereocenters. The molecule has 0 saturated carbocycles. The van der Waals surface area contributed by atoms with E-state index >= 15 is 0 Å². The first-order valence-electron chi connectivity index (χ1n) is 8.92. The van der Waals surface area contributed by atoms with Crippen LogP contribution in [0.25, 0.3) is 22.3 Å². The van der Waals surface area contributed by atoms with Crippen LogP contribution in [0.4, 0.5) is 0 Å². The Morgan fingerprint density at radius 3 is 2.18 bits per heavy atom. The average Bonchev–Trinajstić information content (AvgIpc) is 2.73. The number of benzene rings is 2. The largest absolute Gasteiger partial charge is 0.465 e. The zero-order valence-electron chi connectivity index (χ0n) is 15.4.